The molecule has 0 aliphatic carbocycles. The number of carbonyl (C=O) groups excluding carboxylic acids is 2. The molecule has 0 heterocycles. The largest absolute Gasteiger partial charge is 0.477 e. The monoisotopic (exact) mass is 681 g/mol. The van der Waals surface area contributed by atoms with Crippen LogP contribution in [0.2, 0.25) is 0 Å². The van der Waals surface area contributed by atoms with Gasteiger partial charge in [0.1, 0.15) is 6.61 Å². The minimum Gasteiger partial charge on any atom is -0.477 e. The summed E-state index contributed by atoms with van der Waals surface area (Å²) in [4.78, 5) is 36.7. The van der Waals surface area contributed by atoms with E-state index in [0.717, 1.165) is 70.6 Å². The Labute approximate surface area is 294 Å². The molecule has 0 aromatic rings. The Hall–Kier alpha value is -2.19. The molecule has 0 amide bonds. The molecule has 0 aromatic heterocycles. The number of rotatable bonds is 34. The second-order valence-corrected chi connectivity index (χ2v) is 14.2. The van der Waals surface area contributed by atoms with E-state index in [-0.39, 0.29) is 36.2 Å². The van der Waals surface area contributed by atoms with E-state index in [1.165, 1.54) is 57.8 Å². The Kier molecular flexibility index (Phi) is 30.6. The summed E-state index contributed by atoms with van der Waals surface area (Å²) in [6.07, 6.45) is 32.2. The van der Waals surface area contributed by atoms with Gasteiger partial charge in [-0.2, -0.15) is 0 Å². The maximum atomic E-state index is 12.6. The van der Waals surface area contributed by atoms with E-state index >= 15 is 0 Å². The first-order valence-corrected chi connectivity index (χ1v) is 19.4. The first-order valence-electron chi connectivity index (χ1n) is 19.4. The van der Waals surface area contributed by atoms with Crippen molar-refractivity contribution in [2.24, 2.45) is 0 Å². The lowest BCUT2D eigenvalue weighted by atomic mass is 10.0. The fraction of sp³-hybridized carbons (Fsp3) is 0.825. The number of unbranched alkanes of at least 4 members (excludes halogenated alkanes) is 16. The zero-order valence-corrected chi connectivity index (χ0v) is 31.7. The van der Waals surface area contributed by atoms with Crippen LogP contribution in [-0.2, 0) is 28.6 Å². The Morgan fingerprint density at radius 1 is 0.646 bits per heavy atom. The predicted octanol–water partition coefficient (Wildman–Crippen LogP) is 9.74. The van der Waals surface area contributed by atoms with Crippen molar-refractivity contribution in [1.82, 2.24) is 0 Å². The van der Waals surface area contributed by atoms with Crippen molar-refractivity contribution in [3.63, 3.8) is 0 Å². The molecule has 8 nitrogen and oxygen atoms in total. The normalized spacial score (nSPS) is 13.3. The topological polar surface area (TPSA) is 99.1 Å². The quantitative estimate of drug-likeness (QED) is 0.0313. The summed E-state index contributed by atoms with van der Waals surface area (Å²) in [7, 11) is 5.51. The summed E-state index contributed by atoms with van der Waals surface area (Å²) in [5.74, 6) is -1.48. The van der Waals surface area contributed by atoms with Crippen molar-refractivity contribution in [2.75, 3.05) is 41.0 Å². The zero-order chi connectivity index (χ0) is 35.7. The molecule has 0 spiro atoms. The number of allylic oxidation sites excluding steroid dienone is 4. The van der Waals surface area contributed by atoms with Crippen LogP contribution < -0.4 is 0 Å². The third-order valence-corrected chi connectivity index (χ3v) is 8.62. The number of nitrogens with zero attached hydrogens (tertiary/aromatic N) is 1. The van der Waals surface area contributed by atoms with Crippen molar-refractivity contribution in [3.8, 4) is 0 Å². The lowest BCUT2D eigenvalue weighted by Gasteiger charge is -2.31. The highest BCUT2D eigenvalue weighted by Gasteiger charge is 2.31. The number of carboxylic acids is 1. The summed E-state index contributed by atoms with van der Waals surface area (Å²) in [5.41, 5.74) is 0. The van der Waals surface area contributed by atoms with Gasteiger partial charge < -0.3 is 23.8 Å². The fourth-order valence-corrected chi connectivity index (χ4v) is 5.60. The van der Waals surface area contributed by atoms with Gasteiger partial charge in [0.25, 0.3) is 0 Å². The molecule has 0 bridgehead atoms. The van der Waals surface area contributed by atoms with Gasteiger partial charge in [-0.3, -0.25) is 9.59 Å². The van der Waals surface area contributed by atoms with E-state index in [1.54, 1.807) is 0 Å². The second-order valence-electron chi connectivity index (χ2n) is 14.2. The number of ether oxygens (including phenoxy) is 3. The second kappa shape index (κ2) is 32.0. The molecule has 0 rings (SSSR count). The van der Waals surface area contributed by atoms with Crippen LogP contribution in [0.3, 0.4) is 0 Å². The van der Waals surface area contributed by atoms with E-state index < -0.39 is 18.1 Å². The zero-order valence-electron chi connectivity index (χ0n) is 31.7. The number of esters is 2. The first kappa shape index (κ1) is 45.8. The van der Waals surface area contributed by atoms with Gasteiger partial charge in [-0.05, 0) is 38.5 Å². The number of likely N-dealkylation sites (N-methyl/N-ethyl adjacent to an activating group) is 1. The summed E-state index contributed by atoms with van der Waals surface area (Å²) in [5, 5.41) is 9.58. The van der Waals surface area contributed by atoms with Crippen molar-refractivity contribution in [2.45, 2.75) is 174 Å². The van der Waals surface area contributed by atoms with Gasteiger partial charge in [0, 0.05) is 19.3 Å². The molecule has 0 aromatic carbocycles. The Balaban J connectivity index is 4.43. The molecule has 280 valence electrons. The lowest BCUT2D eigenvalue weighted by molar-refractivity contribution is -0.887. The van der Waals surface area contributed by atoms with Gasteiger partial charge in [-0.15, -0.1) is 0 Å². The third kappa shape index (κ3) is 29.9. The summed E-state index contributed by atoms with van der Waals surface area (Å²) >= 11 is 0. The van der Waals surface area contributed by atoms with Crippen LogP contribution in [0.5, 0.6) is 0 Å². The predicted molar refractivity (Wildman–Crippen MR) is 197 cm³/mol. The lowest BCUT2D eigenvalue weighted by Crippen LogP contribution is -2.50. The van der Waals surface area contributed by atoms with Gasteiger partial charge in [0.15, 0.2) is 12.1 Å². The van der Waals surface area contributed by atoms with E-state index in [1.807, 2.05) is 21.1 Å². The highest BCUT2D eigenvalue weighted by molar-refractivity contribution is 5.72. The molecule has 2 unspecified atom stereocenters. The number of aliphatic carboxylic acids is 1. The van der Waals surface area contributed by atoms with Crippen LogP contribution in [0, 0.1) is 0 Å². The van der Waals surface area contributed by atoms with Crippen LogP contribution in [-0.4, -0.2) is 80.6 Å². The highest BCUT2D eigenvalue weighted by atomic mass is 16.6. The van der Waals surface area contributed by atoms with Crippen LogP contribution in [0.4, 0.5) is 0 Å². The molecule has 0 saturated heterocycles. The fourth-order valence-electron chi connectivity index (χ4n) is 5.60. The van der Waals surface area contributed by atoms with Gasteiger partial charge in [-0.25, -0.2) is 4.79 Å². The minimum atomic E-state index is -0.878. The maximum Gasteiger partial charge on any atom is 0.362 e. The van der Waals surface area contributed by atoms with Gasteiger partial charge in [0.2, 0.25) is 0 Å². The maximum absolute atomic E-state index is 12.6. The molecular weight excluding hydrogens is 606 g/mol. The molecule has 0 fully saturated rings. The molecule has 0 aliphatic rings. The van der Waals surface area contributed by atoms with Gasteiger partial charge in [0.05, 0.1) is 34.4 Å². The van der Waals surface area contributed by atoms with E-state index in [4.69, 9.17) is 14.2 Å². The number of quaternary nitrogens is 1. The molecule has 1 N–H and O–H groups in total. The number of hydrogen-bond acceptors (Lipinski definition) is 6. The molecule has 8 heteroatoms. The van der Waals surface area contributed by atoms with Crippen molar-refractivity contribution in [1.29, 1.82) is 0 Å². The molecule has 0 radical (unpaired) electrons. The van der Waals surface area contributed by atoms with E-state index in [9.17, 15) is 19.5 Å². The smallest absolute Gasteiger partial charge is 0.362 e. The van der Waals surface area contributed by atoms with Crippen molar-refractivity contribution < 1.29 is 38.2 Å². The molecule has 0 saturated carbocycles. The summed E-state index contributed by atoms with van der Waals surface area (Å²) in [6, 6.07) is -0.613. The van der Waals surface area contributed by atoms with Gasteiger partial charge in [-0.1, -0.05) is 128 Å². The Bertz CT molecular complexity index is 849. The average molecular weight is 681 g/mol. The van der Waals surface area contributed by atoms with Crippen molar-refractivity contribution >= 4 is 17.9 Å². The molecular formula is C40H74NO7+. The van der Waals surface area contributed by atoms with E-state index in [0.29, 0.717) is 19.3 Å². The minimum absolute atomic E-state index is 0.0533. The van der Waals surface area contributed by atoms with Crippen LogP contribution in [0.15, 0.2) is 24.3 Å². The summed E-state index contributed by atoms with van der Waals surface area (Å²) < 4.78 is 17.2. The van der Waals surface area contributed by atoms with Crippen LogP contribution >= 0.6 is 0 Å². The van der Waals surface area contributed by atoms with Crippen molar-refractivity contribution in [3.05, 3.63) is 24.3 Å². The third-order valence-electron chi connectivity index (χ3n) is 8.62. The van der Waals surface area contributed by atoms with Crippen LogP contribution in [0.1, 0.15) is 162 Å². The molecule has 48 heavy (non-hydrogen) atoms. The average Bonchev–Trinajstić information content (AvgIpc) is 3.03. The van der Waals surface area contributed by atoms with Gasteiger partial charge >= 0.3 is 17.9 Å². The Morgan fingerprint density at radius 2 is 1.17 bits per heavy atom. The highest BCUT2D eigenvalue weighted by Crippen LogP contribution is 2.14. The summed E-state index contributed by atoms with van der Waals surface area (Å²) in [6.45, 7) is 4.60. The number of carboxylic acid groups (broad SMARTS) is 1. The van der Waals surface area contributed by atoms with Crippen LogP contribution in [0.25, 0.3) is 0 Å². The first-order chi connectivity index (χ1) is 23.1. The standard InChI is InChI=1S/C40H73NO7/c1-6-8-10-12-14-16-18-20-22-24-26-28-30-38(42)47-35-36(34-46-33-32-37(40(44)45)41(3,4)5)48-39(43)31-29-27-25-23-21-19-17-15-13-11-9-7-2/h9,11,15,17,36-37H,6-8,10,12-14,16,18-35H2,1-5H3/p+1/b11-9+,17-15+. The Morgan fingerprint density at radius 3 is 1.71 bits per heavy atom. The molecule has 0 aliphatic heterocycles. The SMILES string of the molecule is CC/C=C/C/C=C/CCCCCCCC(=O)OC(COCCC(C(=O)O)[N+](C)(C)C)COC(=O)CCCCCCCCCCCCCC. The molecule has 2 atom stereocenters. The number of carbonyl (C=O) groups is 3. The van der Waals surface area contributed by atoms with E-state index in [2.05, 4.69) is 38.2 Å². The number of hydrogen-bond donors (Lipinski definition) is 1.